The van der Waals surface area contributed by atoms with Crippen LogP contribution in [0.5, 0.6) is 0 Å². The number of nitrogens with zero attached hydrogens (tertiary/aromatic N) is 1. The lowest BCUT2D eigenvalue weighted by molar-refractivity contribution is -0.119. The normalized spacial score (nSPS) is 10.6. The number of thiophene rings is 1. The van der Waals surface area contributed by atoms with Gasteiger partial charge in [-0.25, -0.2) is 0 Å². The Morgan fingerprint density at radius 3 is 3.25 bits per heavy atom. The van der Waals surface area contributed by atoms with Gasteiger partial charge in [0.25, 0.3) is 0 Å². The van der Waals surface area contributed by atoms with E-state index < -0.39 is 0 Å². The highest BCUT2D eigenvalue weighted by Crippen LogP contribution is 2.19. The van der Waals surface area contributed by atoms with Crippen LogP contribution in [0.3, 0.4) is 0 Å². The molecular formula is C11H13N3OS. The lowest BCUT2D eigenvalue weighted by Crippen LogP contribution is -2.30. The fraction of sp³-hybridized carbons (Fsp3) is 0.273. The van der Waals surface area contributed by atoms with Crippen LogP contribution in [0.25, 0.3) is 10.2 Å². The Morgan fingerprint density at radius 2 is 2.44 bits per heavy atom. The summed E-state index contributed by atoms with van der Waals surface area (Å²) in [6.07, 6.45) is 1.84. The van der Waals surface area contributed by atoms with E-state index in [0.29, 0.717) is 13.1 Å². The van der Waals surface area contributed by atoms with Gasteiger partial charge in [0, 0.05) is 19.8 Å². The number of carbonyl (C=O) groups excluding carboxylic acids is 1. The van der Waals surface area contributed by atoms with Crippen molar-refractivity contribution in [2.24, 2.45) is 0 Å². The Balaban J connectivity index is 1.96. The maximum atomic E-state index is 11.0. The quantitative estimate of drug-likeness (QED) is 0.835. The summed E-state index contributed by atoms with van der Waals surface area (Å²) in [5.41, 5.74) is 2.12. The zero-order valence-corrected chi connectivity index (χ0v) is 9.80. The molecule has 0 aliphatic heterocycles. The molecule has 2 N–H and O–H groups in total. The van der Waals surface area contributed by atoms with Crippen LogP contribution in [0.4, 0.5) is 0 Å². The molecule has 0 radical (unpaired) electrons. The number of rotatable bonds is 4. The summed E-state index contributed by atoms with van der Waals surface area (Å²) in [7, 11) is 1.63. The fourth-order valence-corrected chi connectivity index (χ4v) is 2.20. The average molecular weight is 235 g/mol. The first-order chi connectivity index (χ1) is 7.79. The third-order valence-corrected chi connectivity index (χ3v) is 3.11. The molecule has 0 spiro atoms. The van der Waals surface area contributed by atoms with Crippen molar-refractivity contribution in [2.75, 3.05) is 13.6 Å². The highest BCUT2D eigenvalue weighted by atomic mass is 32.1. The predicted molar refractivity (Wildman–Crippen MR) is 65.4 cm³/mol. The summed E-state index contributed by atoms with van der Waals surface area (Å²) in [5, 5.41) is 7.65. The molecule has 16 heavy (non-hydrogen) atoms. The van der Waals surface area contributed by atoms with Gasteiger partial charge in [0.1, 0.15) is 0 Å². The van der Waals surface area contributed by atoms with E-state index in [1.54, 1.807) is 18.4 Å². The molecule has 0 saturated heterocycles. The van der Waals surface area contributed by atoms with Gasteiger partial charge in [0.15, 0.2) is 0 Å². The van der Waals surface area contributed by atoms with E-state index in [9.17, 15) is 4.79 Å². The zero-order chi connectivity index (χ0) is 11.4. The van der Waals surface area contributed by atoms with E-state index in [0.717, 1.165) is 11.1 Å². The minimum Gasteiger partial charge on any atom is -0.358 e. The van der Waals surface area contributed by atoms with Crippen molar-refractivity contribution in [1.82, 2.24) is 15.6 Å². The number of amides is 1. The topological polar surface area (TPSA) is 54.0 Å². The first-order valence-corrected chi connectivity index (χ1v) is 5.91. The number of hydrogen-bond acceptors (Lipinski definition) is 4. The number of hydrogen-bond donors (Lipinski definition) is 2. The minimum atomic E-state index is -0.00911. The van der Waals surface area contributed by atoms with Gasteiger partial charge in [-0.1, -0.05) is 0 Å². The summed E-state index contributed by atoms with van der Waals surface area (Å²) < 4.78 is 1.18. The van der Waals surface area contributed by atoms with E-state index in [-0.39, 0.29) is 5.91 Å². The van der Waals surface area contributed by atoms with Crippen molar-refractivity contribution in [3.63, 3.8) is 0 Å². The smallest absolute Gasteiger partial charge is 0.233 e. The Bertz CT molecular complexity index is 495. The summed E-state index contributed by atoms with van der Waals surface area (Å²) in [4.78, 5) is 15.3. The Morgan fingerprint density at radius 1 is 1.56 bits per heavy atom. The number of likely N-dealkylation sites (N-methyl/N-ethyl adjacent to an activating group) is 1. The van der Waals surface area contributed by atoms with Gasteiger partial charge in [-0.2, -0.15) is 0 Å². The second-order valence-corrected chi connectivity index (χ2v) is 4.37. The molecule has 2 aromatic rings. The summed E-state index contributed by atoms with van der Waals surface area (Å²) in [6.45, 7) is 0.993. The highest BCUT2D eigenvalue weighted by Gasteiger charge is 2.00. The molecule has 0 saturated carbocycles. The van der Waals surface area contributed by atoms with Crippen molar-refractivity contribution in [1.29, 1.82) is 0 Å². The first kappa shape index (κ1) is 11.0. The third kappa shape index (κ3) is 2.56. The molecule has 2 aromatic heterocycles. The fourth-order valence-electron chi connectivity index (χ4n) is 1.39. The van der Waals surface area contributed by atoms with Gasteiger partial charge in [-0.05, 0) is 23.1 Å². The third-order valence-electron chi connectivity index (χ3n) is 2.25. The minimum absolute atomic E-state index is 0.00911. The summed E-state index contributed by atoms with van der Waals surface area (Å²) in [5.74, 6) is -0.00911. The number of fused-ring (bicyclic) bond motifs is 1. The molecular weight excluding hydrogens is 222 g/mol. The lowest BCUT2D eigenvalue weighted by atomic mass is 10.2. The number of aromatic nitrogens is 1. The van der Waals surface area contributed by atoms with E-state index in [4.69, 9.17) is 0 Å². The van der Waals surface area contributed by atoms with Gasteiger partial charge < -0.3 is 10.6 Å². The van der Waals surface area contributed by atoms with Crippen LogP contribution in [0, 0.1) is 0 Å². The van der Waals surface area contributed by atoms with Gasteiger partial charge >= 0.3 is 0 Å². The Hall–Kier alpha value is -1.46. The number of pyridine rings is 1. The Kier molecular flexibility index (Phi) is 3.48. The van der Waals surface area contributed by atoms with Crippen molar-refractivity contribution < 1.29 is 4.79 Å². The second kappa shape index (κ2) is 5.05. The predicted octanol–water partition coefficient (Wildman–Crippen LogP) is 1.13. The van der Waals surface area contributed by atoms with E-state index in [1.165, 1.54) is 4.70 Å². The largest absolute Gasteiger partial charge is 0.358 e. The Labute approximate surface area is 97.7 Å². The summed E-state index contributed by atoms with van der Waals surface area (Å²) >= 11 is 1.68. The van der Waals surface area contributed by atoms with Crippen molar-refractivity contribution >= 4 is 27.5 Å². The van der Waals surface area contributed by atoms with Gasteiger partial charge in [0.05, 0.1) is 16.8 Å². The molecule has 0 fully saturated rings. The second-order valence-electron chi connectivity index (χ2n) is 3.42. The molecule has 1 amide bonds. The molecule has 0 bridgehead atoms. The van der Waals surface area contributed by atoms with Crippen LogP contribution in [0.15, 0.2) is 23.7 Å². The van der Waals surface area contributed by atoms with Crippen molar-refractivity contribution in [2.45, 2.75) is 6.54 Å². The van der Waals surface area contributed by atoms with Gasteiger partial charge in [0.2, 0.25) is 5.91 Å². The van der Waals surface area contributed by atoms with Crippen LogP contribution in [-0.4, -0.2) is 24.5 Å². The highest BCUT2D eigenvalue weighted by molar-refractivity contribution is 7.17. The van der Waals surface area contributed by atoms with Gasteiger partial charge in [-0.3, -0.25) is 9.78 Å². The number of carbonyl (C=O) groups is 1. The summed E-state index contributed by atoms with van der Waals surface area (Å²) in [6, 6.07) is 4.10. The maximum absolute atomic E-state index is 11.0. The molecule has 0 unspecified atom stereocenters. The standard InChI is InChI=1S/C11H13N3OS/c1-12-11(15)7-13-5-8-4-10-9(14-6-8)2-3-16-10/h2-4,6,13H,5,7H2,1H3,(H,12,15). The SMILES string of the molecule is CNC(=O)CNCc1cnc2ccsc2c1. The van der Waals surface area contributed by atoms with E-state index >= 15 is 0 Å². The first-order valence-electron chi connectivity index (χ1n) is 5.03. The van der Waals surface area contributed by atoms with Crippen LogP contribution >= 0.6 is 11.3 Å². The number of nitrogens with one attached hydrogen (secondary N) is 2. The molecule has 0 atom stereocenters. The molecule has 2 heterocycles. The zero-order valence-electron chi connectivity index (χ0n) is 8.99. The molecule has 0 aliphatic rings. The lowest BCUT2D eigenvalue weighted by Gasteiger charge is -2.03. The average Bonchev–Trinajstić information content (AvgIpc) is 2.76. The molecule has 84 valence electrons. The van der Waals surface area contributed by atoms with Crippen molar-refractivity contribution in [3.05, 3.63) is 29.3 Å². The molecule has 0 aromatic carbocycles. The van der Waals surface area contributed by atoms with Crippen LogP contribution < -0.4 is 10.6 Å². The van der Waals surface area contributed by atoms with E-state index in [2.05, 4.69) is 21.7 Å². The maximum Gasteiger partial charge on any atom is 0.233 e. The molecule has 0 aliphatic carbocycles. The van der Waals surface area contributed by atoms with Crippen LogP contribution in [-0.2, 0) is 11.3 Å². The molecule has 4 nitrogen and oxygen atoms in total. The van der Waals surface area contributed by atoms with E-state index in [1.807, 2.05) is 17.6 Å². The van der Waals surface area contributed by atoms with Crippen LogP contribution in [0.1, 0.15) is 5.56 Å². The van der Waals surface area contributed by atoms with Crippen molar-refractivity contribution in [3.8, 4) is 0 Å². The van der Waals surface area contributed by atoms with Gasteiger partial charge in [-0.15, -0.1) is 11.3 Å². The van der Waals surface area contributed by atoms with Crippen LogP contribution in [0.2, 0.25) is 0 Å². The molecule has 2 rings (SSSR count). The monoisotopic (exact) mass is 235 g/mol. The molecule has 5 heteroatoms.